The molecule has 1 N–H and O–H groups in total. The van der Waals surface area contributed by atoms with E-state index in [1.165, 1.54) is 0 Å². The minimum absolute atomic E-state index is 0.0237. The molecule has 8 heteroatoms. The van der Waals surface area contributed by atoms with Gasteiger partial charge in [0, 0.05) is 0 Å². The van der Waals surface area contributed by atoms with Crippen LogP contribution in [0.2, 0.25) is 36.3 Å². The molecule has 3 unspecified atom stereocenters. The topological polar surface area (TPSA) is 82.1 Å². The van der Waals surface area contributed by atoms with Gasteiger partial charge in [0.2, 0.25) is 0 Å². The molecule has 0 fully saturated rings. The van der Waals surface area contributed by atoms with E-state index in [-0.39, 0.29) is 23.8 Å². The van der Waals surface area contributed by atoms with Gasteiger partial charge in [-0.15, -0.1) is 0 Å². The summed E-state index contributed by atoms with van der Waals surface area (Å²) in [5, 5.41) is 11.3. The van der Waals surface area contributed by atoms with Crippen LogP contribution in [0.25, 0.3) is 0 Å². The molecular formula is C34H68O6Si2. The van der Waals surface area contributed by atoms with Gasteiger partial charge in [0.1, 0.15) is 18.3 Å². The molecule has 0 aromatic heterocycles. The van der Waals surface area contributed by atoms with Gasteiger partial charge in [-0.3, -0.25) is 4.79 Å². The molecule has 0 aliphatic rings. The zero-order valence-electron chi connectivity index (χ0n) is 30.1. The molecule has 0 spiro atoms. The fourth-order valence-electron chi connectivity index (χ4n) is 6.15. The van der Waals surface area contributed by atoms with Gasteiger partial charge in [0.25, 0.3) is 0 Å². The van der Waals surface area contributed by atoms with Gasteiger partial charge in [0.15, 0.2) is 22.4 Å². The first kappa shape index (κ1) is 41.2. The highest BCUT2D eigenvalue weighted by molar-refractivity contribution is 6.74. The number of esters is 1. The van der Waals surface area contributed by atoms with Crippen LogP contribution in [-0.4, -0.2) is 57.9 Å². The van der Waals surface area contributed by atoms with Crippen molar-refractivity contribution in [1.82, 2.24) is 0 Å². The van der Waals surface area contributed by atoms with Gasteiger partial charge in [0.05, 0.1) is 11.5 Å². The SMILES string of the molecule is CCC(O[Si](CC)(CC)CC)C(C)(C)C(=O)[C@H](O)/C(C)=C(\C)C(C)OC(=O)C(O[Si](CC)(CC)CC)[C@@H](C)CC(C)C. The molecule has 248 valence electrons. The smallest absolute Gasteiger partial charge is 0.334 e. The number of hydrogen-bond donors (Lipinski definition) is 1. The summed E-state index contributed by atoms with van der Waals surface area (Å²) >= 11 is 0. The number of aliphatic hydroxyl groups excluding tert-OH is 1. The van der Waals surface area contributed by atoms with Crippen LogP contribution in [0.4, 0.5) is 0 Å². The summed E-state index contributed by atoms with van der Waals surface area (Å²) in [6.07, 6.45) is -1.22. The number of carbonyl (C=O) groups is 2. The van der Waals surface area contributed by atoms with Crippen LogP contribution in [0.1, 0.15) is 117 Å². The van der Waals surface area contributed by atoms with Crippen molar-refractivity contribution in [3.05, 3.63) is 11.1 Å². The number of rotatable bonds is 21. The third-order valence-electron chi connectivity index (χ3n) is 10.2. The van der Waals surface area contributed by atoms with Crippen LogP contribution in [-0.2, 0) is 23.2 Å². The van der Waals surface area contributed by atoms with E-state index in [1.807, 2.05) is 34.6 Å². The molecule has 0 aliphatic heterocycles. The first-order valence-corrected chi connectivity index (χ1v) is 21.9. The number of carbonyl (C=O) groups excluding carboxylic acids is 2. The van der Waals surface area contributed by atoms with Crippen molar-refractivity contribution in [1.29, 1.82) is 0 Å². The Morgan fingerprint density at radius 3 is 1.55 bits per heavy atom. The van der Waals surface area contributed by atoms with Crippen LogP contribution < -0.4 is 0 Å². The molecule has 0 radical (unpaired) electrons. The van der Waals surface area contributed by atoms with Crippen molar-refractivity contribution in [2.24, 2.45) is 17.3 Å². The largest absolute Gasteiger partial charge is 0.456 e. The van der Waals surface area contributed by atoms with Crippen molar-refractivity contribution in [3.63, 3.8) is 0 Å². The normalized spacial score (nSPS) is 17.4. The van der Waals surface area contributed by atoms with Gasteiger partial charge in [-0.1, -0.05) is 83.1 Å². The molecule has 42 heavy (non-hydrogen) atoms. The number of Topliss-reactive ketones (excluding diaryl/α,β-unsaturated/α-hetero) is 1. The van der Waals surface area contributed by atoms with Crippen molar-refractivity contribution >= 4 is 28.4 Å². The molecular weight excluding hydrogens is 561 g/mol. The first-order valence-electron chi connectivity index (χ1n) is 16.9. The summed E-state index contributed by atoms with van der Waals surface area (Å²) in [5.74, 6) is -0.153. The van der Waals surface area contributed by atoms with E-state index in [9.17, 15) is 14.7 Å². The third-order valence-corrected chi connectivity index (χ3v) is 19.5. The molecule has 5 atom stereocenters. The maximum absolute atomic E-state index is 13.8. The fraction of sp³-hybridized carbons (Fsp3) is 0.882. The second kappa shape index (κ2) is 18.2. The Hall–Kier alpha value is -0.806. The number of ether oxygens (including phenoxy) is 1. The molecule has 0 aromatic carbocycles. The van der Waals surface area contributed by atoms with Crippen LogP contribution in [0.3, 0.4) is 0 Å². The second-order valence-corrected chi connectivity index (χ2v) is 23.0. The first-order chi connectivity index (χ1) is 19.4. The molecule has 0 amide bonds. The van der Waals surface area contributed by atoms with Crippen molar-refractivity contribution in [2.45, 2.75) is 177 Å². The second-order valence-electron chi connectivity index (χ2n) is 13.6. The van der Waals surface area contributed by atoms with E-state index in [4.69, 9.17) is 13.6 Å². The lowest BCUT2D eigenvalue weighted by Crippen LogP contribution is -2.50. The number of ketones is 1. The van der Waals surface area contributed by atoms with E-state index < -0.39 is 40.4 Å². The Bertz CT molecular complexity index is 844. The van der Waals surface area contributed by atoms with Gasteiger partial charge in [-0.05, 0) is 92.9 Å². The van der Waals surface area contributed by atoms with Crippen molar-refractivity contribution < 1.29 is 28.3 Å². The van der Waals surface area contributed by atoms with Gasteiger partial charge < -0.3 is 18.7 Å². The van der Waals surface area contributed by atoms with Crippen LogP contribution in [0.5, 0.6) is 0 Å². The molecule has 0 rings (SSSR count). The predicted octanol–water partition coefficient (Wildman–Crippen LogP) is 9.08. The zero-order chi connectivity index (χ0) is 33.1. The average Bonchev–Trinajstić information content (AvgIpc) is 2.96. The third kappa shape index (κ3) is 10.7. The van der Waals surface area contributed by atoms with Crippen LogP contribution in [0.15, 0.2) is 11.1 Å². The summed E-state index contributed by atoms with van der Waals surface area (Å²) in [4.78, 5) is 27.4. The lowest BCUT2D eigenvalue weighted by molar-refractivity contribution is -0.158. The lowest BCUT2D eigenvalue weighted by atomic mass is 9.77. The summed E-state index contributed by atoms with van der Waals surface area (Å²) in [5.41, 5.74) is 0.349. The molecule has 0 aromatic rings. The predicted molar refractivity (Wildman–Crippen MR) is 182 cm³/mol. The Balaban J connectivity index is 6.08. The maximum atomic E-state index is 13.8. The van der Waals surface area contributed by atoms with Gasteiger partial charge in [-0.2, -0.15) is 0 Å². The fourth-order valence-corrected chi connectivity index (χ4v) is 12.1. The van der Waals surface area contributed by atoms with E-state index in [2.05, 4.69) is 62.3 Å². The minimum atomic E-state index is -2.06. The standard InChI is InChI=1S/C34H68O6Si2/c1-16-29(39-41(17-2,18-3)19-4)34(14,15)32(36)30(35)27(12)26(11)28(13)38-33(37)31(25(10)23-24(8)9)40-42(20-5,21-6)22-7/h24-25,28-31,35H,16-23H2,1-15H3/b27-26+/t25-,28?,29?,30+,31?/m0/s1. The van der Waals surface area contributed by atoms with Crippen LogP contribution >= 0.6 is 0 Å². The van der Waals surface area contributed by atoms with Gasteiger partial charge >= 0.3 is 5.97 Å². The number of aliphatic hydroxyl groups is 1. The highest BCUT2D eigenvalue weighted by Crippen LogP contribution is 2.36. The quantitative estimate of drug-likeness (QED) is 0.0776. The summed E-state index contributed by atoms with van der Waals surface area (Å²) in [7, 11) is -4.00. The van der Waals surface area contributed by atoms with E-state index in [0.29, 0.717) is 23.5 Å². The Kier molecular flexibility index (Phi) is 17.9. The van der Waals surface area contributed by atoms with Crippen molar-refractivity contribution in [2.75, 3.05) is 0 Å². The van der Waals surface area contributed by atoms with E-state index >= 15 is 0 Å². The van der Waals surface area contributed by atoms with Crippen LogP contribution in [0, 0.1) is 17.3 Å². The Morgan fingerprint density at radius 1 is 0.738 bits per heavy atom. The Morgan fingerprint density at radius 2 is 1.17 bits per heavy atom. The molecule has 0 saturated carbocycles. The Labute approximate surface area is 262 Å². The molecule has 0 aliphatic carbocycles. The lowest BCUT2D eigenvalue weighted by Gasteiger charge is -2.41. The van der Waals surface area contributed by atoms with Gasteiger partial charge in [-0.25, -0.2) is 4.79 Å². The highest BCUT2D eigenvalue weighted by atomic mass is 28.4. The molecule has 0 heterocycles. The van der Waals surface area contributed by atoms with E-state index in [1.54, 1.807) is 6.92 Å². The highest BCUT2D eigenvalue weighted by Gasteiger charge is 2.44. The monoisotopic (exact) mass is 628 g/mol. The summed E-state index contributed by atoms with van der Waals surface area (Å²) in [6, 6.07) is 5.87. The molecule has 0 saturated heterocycles. The van der Waals surface area contributed by atoms with Crippen molar-refractivity contribution in [3.8, 4) is 0 Å². The summed E-state index contributed by atoms with van der Waals surface area (Å²) in [6.45, 7) is 30.7. The zero-order valence-corrected chi connectivity index (χ0v) is 32.1. The molecule has 6 nitrogen and oxygen atoms in total. The minimum Gasteiger partial charge on any atom is -0.456 e. The summed E-state index contributed by atoms with van der Waals surface area (Å²) < 4.78 is 19.5. The maximum Gasteiger partial charge on any atom is 0.334 e. The average molecular weight is 629 g/mol. The van der Waals surface area contributed by atoms with E-state index in [0.717, 1.165) is 42.7 Å². The number of hydrogen-bond acceptors (Lipinski definition) is 6. The molecule has 0 bridgehead atoms.